The molecule has 1 N–H and O–H groups in total. The summed E-state index contributed by atoms with van der Waals surface area (Å²) in [6.45, 7) is 14.5. The van der Waals surface area contributed by atoms with Crippen LogP contribution in [0.1, 0.15) is 284 Å². The first-order valence-corrected chi connectivity index (χ1v) is 33.1. The zero-order valence-electron chi connectivity index (χ0n) is 51.5. The van der Waals surface area contributed by atoms with Gasteiger partial charge in [0, 0.05) is 54.8 Å². The number of carbonyl (C=O) groups excluding carboxylic acids is 4. The molecule has 0 amide bonds. The summed E-state index contributed by atoms with van der Waals surface area (Å²) in [5.74, 6) is -0.521. The summed E-state index contributed by atoms with van der Waals surface area (Å²) >= 11 is 0. The standard InChI is InChI=1S/C68H111NO11/c1-8-10-12-14-16-18-20-22-24-26-28-30-32-34-57(70)76-49-53(50-77-58(71)35-33-31-29-27-25-23-21-19-17-15-13-11-9-2)78-59(72)40-41-60(73)79-54-39-38-52-46-56-66-42-43-68(75-7,55(47-66)65(6,74)64(3,4)5)63-67(66,61(52)62(54)80-63)44-45-69(56)48-51-36-37-51/h38-39,51,53,55-56,63,74H,8-37,40-50H2,1-7H3/t55-,56?,63-,65+,66-,67+,68?/m1/s1. The van der Waals surface area contributed by atoms with Gasteiger partial charge in [-0.2, -0.15) is 0 Å². The number of hydrogen-bond donors (Lipinski definition) is 1. The second-order valence-corrected chi connectivity index (χ2v) is 27.2. The van der Waals surface area contributed by atoms with Crippen molar-refractivity contribution in [2.24, 2.45) is 22.7 Å². The molecule has 454 valence electrons. The number of likely N-dealkylation sites (tertiary alicyclic amines) is 1. The first-order chi connectivity index (χ1) is 38.6. The second-order valence-electron chi connectivity index (χ2n) is 27.2. The highest BCUT2D eigenvalue weighted by molar-refractivity contribution is 5.80. The minimum atomic E-state index is -1.06. The van der Waals surface area contributed by atoms with Crippen LogP contribution in [-0.4, -0.2) is 96.7 Å². The van der Waals surface area contributed by atoms with Crippen LogP contribution in [0.5, 0.6) is 11.5 Å². The fourth-order valence-corrected chi connectivity index (χ4v) is 15.5. The number of methoxy groups -OCH3 is 1. The molecule has 1 aromatic rings. The number of ether oxygens (including phenoxy) is 6. The molecule has 5 aliphatic carbocycles. The van der Waals surface area contributed by atoms with E-state index in [2.05, 4.69) is 45.6 Å². The van der Waals surface area contributed by atoms with E-state index in [1.165, 1.54) is 147 Å². The molecule has 4 saturated carbocycles. The van der Waals surface area contributed by atoms with Crippen LogP contribution in [0, 0.1) is 22.7 Å². The molecule has 2 aliphatic heterocycles. The third-order valence-electron chi connectivity index (χ3n) is 20.7. The van der Waals surface area contributed by atoms with Gasteiger partial charge in [0.2, 0.25) is 0 Å². The van der Waals surface area contributed by atoms with Crippen molar-refractivity contribution in [1.29, 1.82) is 0 Å². The fourth-order valence-electron chi connectivity index (χ4n) is 15.5. The maximum absolute atomic E-state index is 13.9. The number of fused-ring (bicyclic) bond motifs is 2. The van der Waals surface area contributed by atoms with Crippen molar-refractivity contribution in [1.82, 2.24) is 4.90 Å². The minimum absolute atomic E-state index is 0.160. The monoisotopic (exact) mass is 1120 g/mol. The van der Waals surface area contributed by atoms with E-state index < -0.39 is 34.7 Å². The Hall–Kier alpha value is -3.22. The summed E-state index contributed by atoms with van der Waals surface area (Å²) in [5.41, 5.74) is -0.389. The van der Waals surface area contributed by atoms with Crippen LogP contribution in [0.2, 0.25) is 0 Å². The molecule has 7 aliphatic rings. The van der Waals surface area contributed by atoms with Gasteiger partial charge in [0.15, 0.2) is 17.6 Å². The third kappa shape index (κ3) is 15.7. The zero-order valence-corrected chi connectivity index (χ0v) is 51.5. The number of unbranched alkanes of at least 4 members (excludes halogenated alkanes) is 24. The third-order valence-corrected chi connectivity index (χ3v) is 20.7. The molecule has 4 bridgehead atoms. The second kappa shape index (κ2) is 30.5. The van der Waals surface area contributed by atoms with Gasteiger partial charge in [0.25, 0.3) is 0 Å². The molecule has 80 heavy (non-hydrogen) atoms. The van der Waals surface area contributed by atoms with Crippen LogP contribution in [-0.2, 0) is 50.0 Å². The molecule has 0 radical (unpaired) electrons. The highest BCUT2D eigenvalue weighted by Gasteiger charge is 2.82. The molecular weight excluding hydrogens is 1010 g/mol. The van der Waals surface area contributed by atoms with Gasteiger partial charge >= 0.3 is 23.9 Å². The Morgan fingerprint density at radius 1 is 0.650 bits per heavy atom. The summed E-state index contributed by atoms with van der Waals surface area (Å²) in [6.07, 6.45) is 37.1. The van der Waals surface area contributed by atoms with Gasteiger partial charge in [0.1, 0.15) is 24.9 Å². The normalized spacial score (nSPS) is 25.2. The van der Waals surface area contributed by atoms with Crippen molar-refractivity contribution in [2.45, 2.75) is 314 Å². The number of rotatable bonds is 41. The Labute approximate surface area is 484 Å². The van der Waals surface area contributed by atoms with Crippen molar-refractivity contribution in [3.63, 3.8) is 0 Å². The summed E-state index contributed by atoms with van der Waals surface area (Å²) < 4.78 is 37.3. The first kappa shape index (κ1) is 64.3. The number of aliphatic hydroxyl groups is 1. The van der Waals surface area contributed by atoms with Crippen LogP contribution < -0.4 is 9.47 Å². The molecule has 7 atom stereocenters. The summed E-state index contributed by atoms with van der Waals surface area (Å²) in [4.78, 5) is 56.1. The molecule has 2 unspecified atom stereocenters. The highest BCUT2D eigenvalue weighted by atomic mass is 16.6. The topological polar surface area (TPSA) is 147 Å². The lowest BCUT2D eigenvalue weighted by Crippen LogP contribution is -2.83. The van der Waals surface area contributed by atoms with Crippen LogP contribution in [0.25, 0.3) is 0 Å². The number of nitrogens with zero attached hydrogens (tertiary/aromatic N) is 1. The highest BCUT2D eigenvalue weighted by Crippen LogP contribution is 2.78. The van der Waals surface area contributed by atoms with Crippen molar-refractivity contribution >= 4 is 23.9 Å². The van der Waals surface area contributed by atoms with Gasteiger partial charge in [-0.25, -0.2) is 0 Å². The average Bonchev–Trinajstić information content (AvgIpc) is 4.10. The Balaban J connectivity index is 0.917. The molecule has 8 rings (SSSR count). The maximum Gasteiger partial charge on any atom is 0.311 e. The molecule has 2 spiro atoms. The average molecular weight is 1120 g/mol. The molecule has 12 nitrogen and oxygen atoms in total. The van der Waals surface area contributed by atoms with Crippen LogP contribution >= 0.6 is 0 Å². The Kier molecular flexibility index (Phi) is 24.6. The van der Waals surface area contributed by atoms with E-state index in [9.17, 15) is 24.3 Å². The van der Waals surface area contributed by atoms with Gasteiger partial charge < -0.3 is 33.5 Å². The predicted molar refractivity (Wildman–Crippen MR) is 316 cm³/mol. The SMILES string of the molecule is CCCCCCCCCCCCCCCC(=O)OCC(COC(=O)CCCCCCCCCCCCCCC)OC(=O)CCC(=O)Oc1ccc2c3c1O[C@H]1C4(OC)CC[C@@]5(C[C@@H]4[C@](C)(O)C(C)(C)C)C(C2)N(CC2CC2)CC[C@]315. The van der Waals surface area contributed by atoms with Gasteiger partial charge in [-0.15, -0.1) is 0 Å². The number of carbonyl (C=O) groups is 4. The lowest BCUT2D eigenvalue weighted by Gasteiger charge is -2.75. The van der Waals surface area contributed by atoms with Crippen LogP contribution in [0.3, 0.4) is 0 Å². The van der Waals surface area contributed by atoms with E-state index in [-0.39, 0.29) is 73.7 Å². The fraction of sp³-hybridized carbons (Fsp3) is 0.853. The summed E-state index contributed by atoms with van der Waals surface area (Å²) in [5, 5.41) is 12.7. The van der Waals surface area contributed by atoms with E-state index in [0.29, 0.717) is 17.5 Å². The van der Waals surface area contributed by atoms with Gasteiger partial charge in [0.05, 0.1) is 18.4 Å². The van der Waals surface area contributed by atoms with Gasteiger partial charge in [-0.1, -0.05) is 195 Å². The van der Waals surface area contributed by atoms with Crippen molar-refractivity contribution < 1.29 is 52.7 Å². The van der Waals surface area contributed by atoms with Crippen molar-refractivity contribution in [3.05, 3.63) is 23.3 Å². The number of esters is 4. The van der Waals surface area contributed by atoms with E-state index >= 15 is 0 Å². The number of benzene rings is 1. The summed E-state index contributed by atoms with van der Waals surface area (Å²) in [7, 11) is 1.79. The minimum Gasteiger partial charge on any atom is -0.482 e. The molecule has 2 heterocycles. The zero-order chi connectivity index (χ0) is 57.2. The maximum atomic E-state index is 13.9. The van der Waals surface area contributed by atoms with Crippen LogP contribution in [0.15, 0.2) is 12.1 Å². The quantitative estimate of drug-likeness (QED) is 0.0288. The molecule has 1 saturated heterocycles. The molecule has 12 heteroatoms. The van der Waals surface area contributed by atoms with Crippen molar-refractivity contribution in [3.8, 4) is 11.5 Å². The number of hydrogen-bond acceptors (Lipinski definition) is 12. The molecule has 5 fully saturated rings. The smallest absolute Gasteiger partial charge is 0.311 e. The Morgan fingerprint density at radius 3 is 1.64 bits per heavy atom. The lowest BCUT2D eigenvalue weighted by molar-refractivity contribution is -0.312. The van der Waals surface area contributed by atoms with Crippen molar-refractivity contribution in [2.75, 3.05) is 33.4 Å². The number of piperidine rings is 1. The van der Waals surface area contributed by atoms with E-state index in [1.54, 1.807) is 7.11 Å². The van der Waals surface area contributed by atoms with Crippen LogP contribution in [0.4, 0.5) is 0 Å². The van der Waals surface area contributed by atoms with E-state index in [4.69, 9.17) is 28.4 Å². The Morgan fingerprint density at radius 2 is 1.15 bits per heavy atom. The van der Waals surface area contributed by atoms with E-state index in [0.717, 1.165) is 95.2 Å². The first-order valence-electron chi connectivity index (χ1n) is 33.1. The molecule has 1 aromatic carbocycles. The van der Waals surface area contributed by atoms with Gasteiger partial charge in [-0.05, 0) is 94.2 Å². The van der Waals surface area contributed by atoms with Gasteiger partial charge in [-0.3, -0.25) is 24.1 Å². The Bertz CT molecular complexity index is 2070. The summed E-state index contributed by atoms with van der Waals surface area (Å²) in [6, 6.07) is 4.29. The predicted octanol–water partition coefficient (Wildman–Crippen LogP) is 15.4. The molecule has 0 aromatic heterocycles. The molecular formula is C68H111NO11. The lowest BCUT2D eigenvalue weighted by atomic mass is 9.33. The largest absolute Gasteiger partial charge is 0.482 e. The van der Waals surface area contributed by atoms with E-state index in [1.807, 2.05) is 13.0 Å².